The van der Waals surface area contributed by atoms with E-state index in [-0.39, 0.29) is 0 Å². The number of fused-ring (bicyclic) bond motifs is 1. The molecule has 3 nitrogen and oxygen atoms in total. The van der Waals surface area contributed by atoms with E-state index in [1.54, 1.807) is 11.8 Å². The predicted molar refractivity (Wildman–Crippen MR) is 87.8 cm³/mol. The fraction of sp³-hybridized carbons (Fsp3) is 0.375. The molecular formula is C16H18ClN3S. The number of rotatable bonds is 4. The van der Waals surface area contributed by atoms with E-state index in [1.807, 2.05) is 18.2 Å². The largest absolute Gasteiger partial charge is 0.312 e. The van der Waals surface area contributed by atoms with E-state index in [4.69, 9.17) is 21.6 Å². The molecule has 0 spiro atoms. The lowest BCUT2D eigenvalue weighted by Gasteiger charge is -2.19. The molecule has 0 fully saturated rings. The van der Waals surface area contributed by atoms with Crippen LogP contribution in [0.25, 0.3) is 0 Å². The Morgan fingerprint density at radius 2 is 2.24 bits per heavy atom. The molecule has 21 heavy (non-hydrogen) atoms. The van der Waals surface area contributed by atoms with E-state index < -0.39 is 0 Å². The fourth-order valence-electron chi connectivity index (χ4n) is 2.53. The molecular weight excluding hydrogens is 302 g/mol. The number of thioether (sulfide) groups is 1. The monoisotopic (exact) mass is 319 g/mol. The molecule has 1 aliphatic rings. The summed E-state index contributed by atoms with van der Waals surface area (Å²) in [5, 5.41) is 4.17. The Balaban J connectivity index is 1.79. The number of hydrogen-bond donors (Lipinski definition) is 1. The van der Waals surface area contributed by atoms with Crippen LogP contribution in [0.5, 0.6) is 0 Å². The smallest absolute Gasteiger partial charge is 0.139 e. The van der Waals surface area contributed by atoms with Gasteiger partial charge in [0.15, 0.2) is 0 Å². The Morgan fingerprint density at radius 3 is 3.05 bits per heavy atom. The zero-order valence-electron chi connectivity index (χ0n) is 12.0. The maximum atomic E-state index is 6.02. The van der Waals surface area contributed by atoms with Crippen LogP contribution in [0.1, 0.15) is 29.7 Å². The van der Waals surface area contributed by atoms with Gasteiger partial charge in [-0.3, -0.25) is 0 Å². The summed E-state index contributed by atoms with van der Waals surface area (Å²) in [6.45, 7) is 4.07. The van der Waals surface area contributed by atoms with Crippen LogP contribution in [-0.2, 0) is 25.1 Å². The lowest BCUT2D eigenvalue weighted by atomic mass is 10.0. The normalized spacial score (nSPS) is 14.0. The van der Waals surface area contributed by atoms with Crippen molar-refractivity contribution in [1.82, 2.24) is 15.3 Å². The molecule has 0 radical (unpaired) electrons. The van der Waals surface area contributed by atoms with Gasteiger partial charge in [-0.25, -0.2) is 9.97 Å². The van der Waals surface area contributed by atoms with Crippen molar-refractivity contribution < 1.29 is 0 Å². The lowest BCUT2D eigenvalue weighted by Crippen LogP contribution is -2.27. The first-order valence-corrected chi connectivity index (χ1v) is 8.59. The van der Waals surface area contributed by atoms with Crippen molar-refractivity contribution in [2.45, 2.75) is 37.0 Å². The predicted octanol–water partition coefficient (Wildman–Crippen LogP) is 3.63. The molecule has 0 aliphatic carbocycles. The quantitative estimate of drug-likeness (QED) is 0.873. The highest BCUT2D eigenvalue weighted by Crippen LogP contribution is 2.25. The Bertz CT molecular complexity index is 628. The van der Waals surface area contributed by atoms with E-state index in [9.17, 15) is 0 Å². The standard InChI is InChI=1S/C16H18ClN3S/c1-2-14-13-9-18-7-6-15(13)20-16(19-14)10-21-12-5-3-4-11(17)8-12/h3-5,8,18H,2,6-7,9-10H2,1H3. The molecule has 0 atom stereocenters. The molecule has 1 aliphatic heterocycles. The first kappa shape index (κ1) is 14.8. The highest BCUT2D eigenvalue weighted by molar-refractivity contribution is 7.98. The van der Waals surface area contributed by atoms with E-state index in [0.29, 0.717) is 0 Å². The summed E-state index contributed by atoms with van der Waals surface area (Å²) in [6, 6.07) is 7.92. The molecule has 3 rings (SSSR count). The first-order valence-electron chi connectivity index (χ1n) is 7.23. The third kappa shape index (κ3) is 3.57. The molecule has 2 heterocycles. The Labute approximate surface area is 134 Å². The van der Waals surface area contributed by atoms with Gasteiger partial charge in [-0.1, -0.05) is 24.6 Å². The molecule has 5 heteroatoms. The second kappa shape index (κ2) is 6.77. The van der Waals surface area contributed by atoms with Gasteiger partial charge >= 0.3 is 0 Å². The van der Waals surface area contributed by atoms with Crippen molar-refractivity contribution in [3.05, 3.63) is 52.1 Å². The maximum absolute atomic E-state index is 6.02. The highest BCUT2D eigenvalue weighted by atomic mass is 35.5. The van der Waals surface area contributed by atoms with Crippen LogP contribution in [0, 0.1) is 0 Å². The molecule has 0 unspecified atom stereocenters. The minimum Gasteiger partial charge on any atom is -0.312 e. The Kier molecular flexibility index (Phi) is 4.78. The summed E-state index contributed by atoms with van der Waals surface area (Å²) in [5.74, 6) is 1.71. The summed E-state index contributed by atoms with van der Waals surface area (Å²) >= 11 is 7.75. The van der Waals surface area contributed by atoms with Gasteiger partial charge in [0.2, 0.25) is 0 Å². The molecule has 1 N–H and O–H groups in total. The first-order chi connectivity index (χ1) is 10.3. The van der Waals surface area contributed by atoms with E-state index >= 15 is 0 Å². The van der Waals surface area contributed by atoms with Crippen LogP contribution in [0.3, 0.4) is 0 Å². The van der Waals surface area contributed by atoms with Crippen molar-refractivity contribution in [2.24, 2.45) is 0 Å². The maximum Gasteiger partial charge on any atom is 0.139 e. The third-order valence-corrected chi connectivity index (χ3v) is 4.79. The Morgan fingerprint density at radius 1 is 1.33 bits per heavy atom. The van der Waals surface area contributed by atoms with Gasteiger partial charge in [-0.2, -0.15) is 0 Å². The zero-order valence-corrected chi connectivity index (χ0v) is 13.6. The van der Waals surface area contributed by atoms with Crippen molar-refractivity contribution in [3.63, 3.8) is 0 Å². The minimum absolute atomic E-state index is 0.770. The number of hydrogen-bond acceptors (Lipinski definition) is 4. The van der Waals surface area contributed by atoms with E-state index in [1.165, 1.54) is 17.0 Å². The van der Waals surface area contributed by atoms with Gasteiger partial charge in [-0.15, -0.1) is 11.8 Å². The van der Waals surface area contributed by atoms with E-state index in [2.05, 4.69) is 18.3 Å². The van der Waals surface area contributed by atoms with Crippen molar-refractivity contribution in [2.75, 3.05) is 6.54 Å². The molecule has 1 aromatic carbocycles. The summed E-state index contributed by atoms with van der Waals surface area (Å²) in [6.07, 6.45) is 1.96. The second-order valence-electron chi connectivity index (χ2n) is 5.04. The average molecular weight is 320 g/mol. The van der Waals surface area contributed by atoms with Crippen molar-refractivity contribution >= 4 is 23.4 Å². The van der Waals surface area contributed by atoms with Gasteiger partial charge in [0.25, 0.3) is 0 Å². The fourth-order valence-corrected chi connectivity index (χ4v) is 3.60. The molecule has 0 amide bonds. The van der Waals surface area contributed by atoms with Crippen LogP contribution < -0.4 is 5.32 Å². The summed E-state index contributed by atoms with van der Waals surface area (Å²) in [4.78, 5) is 10.6. The van der Waals surface area contributed by atoms with Gasteiger partial charge in [0, 0.05) is 40.7 Å². The number of halogens is 1. The van der Waals surface area contributed by atoms with E-state index in [0.717, 1.165) is 47.4 Å². The van der Waals surface area contributed by atoms with Crippen LogP contribution in [0.2, 0.25) is 5.02 Å². The molecule has 1 aromatic heterocycles. The lowest BCUT2D eigenvalue weighted by molar-refractivity contribution is 0.613. The summed E-state index contributed by atoms with van der Waals surface area (Å²) in [7, 11) is 0. The SMILES string of the molecule is CCc1nc(CSc2cccc(Cl)c2)nc2c1CNCC2. The van der Waals surface area contributed by atoms with Crippen LogP contribution in [0.4, 0.5) is 0 Å². The van der Waals surface area contributed by atoms with Gasteiger partial charge in [0.1, 0.15) is 5.82 Å². The molecule has 2 aromatic rings. The molecule has 110 valence electrons. The molecule has 0 saturated carbocycles. The van der Waals surface area contributed by atoms with Crippen LogP contribution >= 0.6 is 23.4 Å². The Hall–Kier alpha value is -1.10. The number of nitrogens with zero attached hydrogens (tertiary/aromatic N) is 2. The van der Waals surface area contributed by atoms with Crippen molar-refractivity contribution in [1.29, 1.82) is 0 Å². The highest BCUT2D eigenvalue weighted by Gasteiger charge is 2.16. The van der Waals surface area contributed by atoms with Gasteiger partial charge in [-0.05, 0) is 24.6 Å². The number of aromatic nitrogens is 2. The summed E-state index contributed by atoms with van der Waals surface area (Å²) < 4.78 is 0. The molecule has 0 bridgehead atoms. The summed E-state index contributed by atoms with van der Waals surface area (Å²) in [5.41, 5.74) is 3.72. The minimum atomic E-state index is 0.770. The number of aryl methyl sites for hydroxylation is 1. The zero-order chi connectivity index (χ0) is 14.7. The molecule has 0 saturated heterocycles. The van der Waals surface area contributed by atoms with Crippen LogP contribution in [0.15, 0.2) is 29.2 Å². The number of nitrogens with one attached hydrogen (secondary N) is 1. The topological polar surface area (TPSA) is 37.8 Å². The second-order valence-corrected chi connectivity index (χ2v) is 6.52. The van der Waals surface area contributed by atoms with Crippen LogP contribution in [-0.4, -0.2) is 16.5 Å². The average Bonchev–Trinajstić information content (AvgIpc) is 2.52. The third-order valence-electron chi connectivity index (χ3n) is 3.56. The van der Waals surface area contributed by atoms with Gasteiger partial charge < -0.3 is 5.32 Å². The van der Waals surface area contributed by atoms with Gasteiger partial charge in [0.05, 0.1) is 11.4 Å². The number of benzene rings is 1. The van der Waals surface area contributed by atoms with Crippen molar-refractivity contribution in [3.8, 4) is 0 Å².